The zero-order chi connectivity index (χ0) is 15.9. The Morgan fingerprint density at radius 3 is 1.41 bits per heavy atom. The van der Waals surface area contributed by atoms with Crippen LogP contribution in [0.5, 0.6) is 0 Å². The summed E-state index contributed by atoms with van der Waals surface area (Å²) in [6.45, 7) is 4.31. The fraction of sp³-hybridized carbons (Fsp3) is 0.950. The second kappa shape index (κ2) is 14.1. The van der Waals surface area contributed by atoms with Gasteiger partial charge in [-0.05, 0) is 6.42 Å². The van der Waals surface area contributed by atoms with Crippen LogP contribution in [-0.4, -0.2) is 23.9 Å². The highest BCUT2D eigenvalue weighted by atomic mass is 16.2. The normalized spacial score (nSPS) is 14.4. The van der Waals surface area contributed by atoms with E-state index in [9.17, 15) is 4.79 Å². The van der Waals surface area contributed by atoms with Crippen LogP contribution < -0.4 is 0 Å². The largest absolute Gasteiger partial charge is 0.342 e. The van der Waals surface area contributed by atoms with Crippen molar-refractivity contribution in [3.63, 3.8) is 0 Å². The fourth-order valence-electron chi connectivity index (χ4n) is 3.27. The lowest BCUT2D eigenvalue weighted by Crippen LogP contribution is -2.43. The van der Waals surface area contributed by atoms with Gasteiger partial charge in [0, 0.05) is 19.5 Å². The van der Waals surface area contributed by atoms with E-state index in [0.29, 0.717) is 5.91 Å². The Balaban J connectivity index is 1.65. The SMILES string of the molecule is CCCCCCCCCCCCCCCCCN1CCC1=O. The molecular formula is C20H39NO. The number of likely N-dealkylation sites (tertiary alicyclic amines) is 1. The summed E-state index contributed by atoms with van der Waals surface area (Å²) < 4.78 is 0. The highest BCUT2D eigenvalue weighted by molar-refractivity contribution is 5.81. The molecule has 130 valence electrons. The molecule has 1 rings (SSSR count). The first kappa shape index (κ1) is 19.5. The van der Waals surface area contributed by atoms with Crippen molar-refractivity contribution in [2.24, 2.45) is 0 Å². The van der Waals surface area contributed by atoms with Gasteiger partial charge in [0.1, 0.15) is 0 Å². The Bertz CT molecular complexity index is 264. The molecule has 0 aromatic heterocycles. The van der Waals surface area contributed by atoms with Crippen molar-refractivity contribution in [3.8, 4) is 0 Å². The summed E-state index contributed by atoms with van der Waals surface area (Å²) in [5.41, 5.74) is 0. The van der Waals surface area contributed by atoms with Gasteiger partial charge in [-0.2, -0.15) is 0 Å². The molecule has 1 aliphatic rings. The summed E-state index contributed by atoms with van der Waals surface area (Å²) in [7, 11) is 0. The summed E-state index contributed by atoms with van der Waals surface area (Å²) in [4.78, 5) is 13.1. The van der Waals surface area contributed by atoms with Crippen molar-refractivity contribution in [1.82, 2.24) is 4.90 Å². The lowest BCUT2D eigenvalue weighted by molar-refractivity contribution is -0.139. The monoisotopic (exact) mass is 309 g/mol. The predicted molar refractivity (Wildman–Crippen MR) is 96.1 cm³/mol. The zero-order valence-electron chi connectivity index (χ0n) is 15.1. The van der Waals surface area contributed by atoms with Crippen LogP contribution in [0.2, 0.25) is 0 Å². The molecular weight excluding hydrogens is 270 g/mol. The van der Waals surface area contributed by atoms with Gasteiger partial charge in [-0.25, -0.2) is 0 Å². The number of hydrogen-bond acceptors (Lipinski definition) is 1. The van der Waals surface area contributed by atoms with E-state index < -0.39 is 0 Å². The van der Waals surface area contributed by atoms with Crippen molar-refractivity contribution >= 4 is 5.91 Å². The van der Waals surface area contributed by atoms with E-state index in [1.807, 2.05) is 4.90 Å². The van der Waals surface area contributed by atoms with Gasteiger partial charge in [0.15, 0.2) is 0 Å². The summed E-state index contributed by atoms with van der Waals surface area (Å²) in [6.07, 6.45) is 21.9. The first-order valence-electron chi connectivity index (χ1n) is 10.1. The molecule has 0 bridgehead atoms. The van der Waals surface area contributed by atoms with Crippen molar-refractivity contribution in [1.29, 1.82) is 0 Å². The highest BCUT2D eigenvalue weighted by Crippen LogP contribution is 2.14. The van der Waals surface area contributed by atoms with Gasteiger partial charge < -0.3 is 4.90 Å². The Morgan fingerprint density at radius 1 is 0.682 bits per heavy atom. The minimum Gasteiger partial charge on any atom is -0.342 e. The highest BCUT2D eigenvalue weighted by Gasteiger charge is 2.22. The van der Waals surface area contributed by atoms with E-state index in [2.05, 4.69) is 6.92 Å². The van der Waals surface area contributed by atoms with Crippen molar-refractivity contribution in [2.75, 3.05) is 13.1 Å². The van der Waals surface area contributed by atoms with Gasteiger partial charge in [-0.15, -0.1) is 0 Å². The minimum absolute atomic E-state index is 0.366. The molecule has 1 amide bonds. The summed E-state index contributed by atoms with van der Waals surface area (Å²) in [5.74, 6) is 0.366. The molecule has 0 spiro atoms. The molecule has 2 nitrogen and oxygen atoms in total. The molecule has 0 atom stereocenters. The number of nitrogens with zero attached hydrogens (tertiary/aromatic N) is 1. The molecule has 1 aliphatic heterocycles. The fourth-order valence-corrected chi connectivity index (χ4v) is 3.27. The maximum atomic E-state index is 11.1. The second-order valence-corrected chi connectivity index (χ2v) is 7.08. The average molecular weight is 310 g/mol. The van der Waals surface area contributed by atoms with Gasteiger partial charge in [0.05, 0.1) is 0 Å². The molecule has 0 aliphatic carbocycles. The molecule has 0 N–H and O–H groups in total. The third-order valence-electron chi connectivity index (χ3n) is 4.98. The van der Waals surface area contributed by atoms with Gasteiger partial charge in [0.2, 0.25) is 5.91 Å². The molecule has 0 radical (unpaired) electrons. The number of carbonyl (C=O) groups excluding carboxylic acids is 1. The predicted octanol–water partition coefficient (Wildman–Crippen LogP) is 6.09. The summed E-state index contributed by atoms with van der Waals surface area (Å²) in [5, 5.41) is 0. The number of rotatable bonds is 16. The number of carbonyl (C=O) groups is 1. The molecule has 0 unspecified atom stereocenters. The number of hydrogen-bond donors (Lipinski definition) is 0. The second-order valence-electron chi connectivity index (χ2n) is 7.08. The van der Waals surface area contributed by atoms with Gasteiger partial charge in [0.25, 0.3) is 0 Å². The maximum Gasteiger partial charge on any atom is 0.224 e. The molecule has 22 heavy (non-hydrogen) atoms. The Kier molecular flexibility index (Phi) is 12.5. The number of unbranched alkanes of at least 4 members (excludes halogenated alkanes) is 14. The Labute approximate surface area is 139 Å². The van der Waals surface area contributed by atoms with E-state index in [-0.39, 0.29) is 0 Å². The molecule has 0 aromatic rings. The first-order chi connectivity index (χ1) is 10.8. The van der Waals surface area contributed by atoms with E-state index in [4.69, 9.17) is 0 Å². The Morgan fingerprint density at radius 2 is 1.09 bits per heavy atom. The van der Waals surface area contributed by atoms with Gasteiger partial charge in [-0.1, -0.05) is 96.8 Å². The van der Waals surface area contributed by atoms with Gasteiger partial charge in [-0.3, -0.25) is 4.79 Å². The summed E-state index contributed by atoms with van der Waals surface area (Å²) >= 11 is 0. The van der Waals surface area contributed by atoms with Crippen LogP contribution in [0.1, 0.15) is 110 Å². The van der Waals surface area contributed by atoms with Crippen molar-refractivity contribution in [2.45, 2.75) is 110 Å². The average Bonchev–Trinajstić information content (AvgIpc) is 2.53. The molecule has 1 saturated heterocycles. The van der Waals surface area contributed by atoms with Crippen LogP contribution >= 0.6 is 0 Å². The molecule has 1 fully saturated rings. The molecule has 1 heterocycles. The van der Waals surface area contributed by atoms with E-state index in [1.54, 1.807) is 0 Å². The lowest BCUT2D eigenvalue weighted by atomic mass is 10.0. The maximum absolute atomic E-state index is 11.1. The van der Waals surface area contributed by atoms with Crippen molar-refractivity contribution < 1.29 is 4.79 Å². The van der Waals surface area contributed by atoms with E-state index in [1.165, 1.54) is 96.3 Å². The van der Waals surface area contributed by atoms with E-state index >= 15 is 0 Å². The standard InChI is InChI=1S/C20H39NO/c1-2-3-4-5-6-7-8-9-10-11-12-13-14-15-16-18-21-19-17-20(21)22/h2-19H2,1H3. The lowest BCUT2D eigenvalue weighted by Gasteiger charge is -2.30. The molecule has 2 heteroatoms. The first-order valence-corrected chi connectivity index (χ1v) is 10.1. The minimum atomic E-state index is 0.366. The third-order valence-corrected chi connectivity index (χ3v) is 4.98. The smallest absolute Gasteiger partial charge is 0.224 e. The van der Waals surface area contributed by atoms with Crippen LogP contribution in [-0.2, 0) is 4.79 Å². The van der Waals surface area contributed by atoms with Crippen LogP contribution in [0.4, 0.5) is 0 Å². The van der Waals surface area contributed by atoms with Crippen LogP contribution in [0.3, 0.4) is 0 Å². The van der Waals surface area contributed by atoms with E-state index in [0.717, 1.165) is 19.5 Å². The van der Waals surface area contributed by atoms with Crippen molar-refractivity contribution in [3.05, 3.63) is 0 Å². The zero-order valence-corrected chi connectivity index (χ0v) is 15.1. The molecule has 0 aromatic carbocycles. The third kappa shape index (κ3) is 10.2. The quantitative estimate of drug-likeness (QED) is 0.249. The van der Waals surface area contributed by atoms with Crippen LogP contribution in [0.15, 0.2) is 0 Å². The summed E-state index contributed by atoms with van der Waals surface area (Å²) in [6, 6.07) is 0. The number of amides is 1. The topological polar surface area (TPSA) is 20.3 Å². The Hall–Kier alpha value is -0.530. The van der Waals surface area contributed by atoms with Crippen LogP contribution in [0, 0.1) is 0 Å². The molecule has 0 saturated carbocycles. The van der Waals surface area contributed by atoms with Gasteiger partial charge >= 0.3 is 0 Å². The number of β-lactam (4-membered cyclic amide) rings is 1. The van der Waals surface area contributed by atoms with Crippen LogP contribution in [0.25, 0.3) is 0 Å².